The van der Waals surface area contributed by atoms with Crippen molar-refractivity contribution in [1.82, 2.24) is 19.5 Å². The van der Waals surface area contributed by atoms with Crippen LogP contribution < -0.4 is 5.73 Å². The Bertz CT molecular complexity index is 572. The summed E-state index contributed by atoms with van der Waals surface area (Å²) in [6, 6.07) is 0. The fourth-order valence-corrected chi connectivity index (χ4v) is 2.13. The van der Waals surface area contributed by atoms with Crippen LogP contribution in [0.2, 0.25) is 0 Å². The van der Waals surface area contributed by atoms with E-state index in [-0.39, 0.29) is 6.61 Å². The third kappa shape index (κ3) is 1.62. The van der Waals surface area contributed by atoms with Crippen molar-refractivity contribution in [3.05, 3.63) is 12.7 Å². The summed E-state index contributed by atoms with van der Waals surface area (Å²) in [5.41, 5.74) is 6.75. The molecule has 2 aromatic heterocycles. The van der Waals surface area contributed by atoms with E-state index in [2.05, 4.69) is 15.0 Å². The molecule has 0 unspecified atom stereocenters. The molecule has 3 rings (SSSR count). The number of nitrogens with zero attached hydrogens (tertiary/aromatic N) is 4. The van der Waals surface area contributed by atoms with E-state index in [9.17, 15) is 5.11 Å². The monoisotopic (exact) mass is 255 g/mol. The van der Waals surface area contributed by atoms with E-state index < -0.39 is 18.4 Å². The van der Waals surface area contributed by atoms with Gasteiger partial charge in [0.1, 0.15) is 24.2 Å². The number of anilines is 1. The molecule has 0 radical (unpaired) electrons. The zero-order chi connectivity index (χ0) is 12.7. The quantitative estimate of drug-likeness (QED) is 0.592. The summed E-state index contributed by atoms with van der Waals surface area (Å²) in [6.45, 7) is -0.221. The lowest BCUT2D eigenvalue weighted by atomic mass is 10.5. The van der Waals surface area contributed by atoms with Crippen molar-refractivity contribution in [1.29, 1.82) is 0 Å². The van der Waals surface area contributed by atoms with E-state index in [1.807, 2.05) is 0 Å². The third-order valence-corrected chi connectivity index (χ3v) is 3.08. The number of nitrogens with two attached hydrogens (primary N) is 1. The van der Waals surface area contributed by atoms with Crippen LogP contribution in [0.4, 0.5) is 5.82 Å². The van der Waals surface area contributed by atoms with E-state index in [0.717, 1.165) is 0 Å². The first-order chi connectivity index (χ1) is 8.70. The van der Waals surface area contributed by atoms with Crippen LogP contribution in [0, 0.1) is 0 Å². The highest BCUT2D eigenvalue weighted by Gasteiger charge is 2.35. The number of aliphatic hydroxyl groups excluding tert-OH is 2. The van der Waals surface area contributed by atoms with Gasteiger partial charge in [0.05, 0.1) is 19.0 Å². The van der Waals surface area contributed by atoms with Crippen LogP contribution in [0.25, 0.3) is 11.2 Å². The second-order valence-electron chi connectivity index (χ2n) is 4.20. The maximum Gasteiger partial charge on any atom is 0.167 e. The molecule has 18 heavy (non-hydrogen) atoms. The third-order valence-electron chi connectivity index (χ3n) is 3.08. The Balaban J connectivity index is 1.99. The molecule has 3 heterocycles. The largest absolute Gasteiger partial charge is 0.394 e. The van der Waals surface area contributed by atoms with Gasteiger partial charge in [-0.1, -0.05) is 0 Å². The molecular formula is C10H13N5O3. The van der Waals surface area contributed by atoms with E-state index >= 15 is 0 Å². The molecule has 0 spiro atoms. The van der Waals surface area contributed by atoms with E-state index in [0.29, 0.717) is 23.4 Å². The molecule has 0 amide bonds. The Kier molecular flexibility index (Phi) is 2.62. The van der Waals surface area contributed by atoms with Crippen LogP contribution in [0.15, 0.2) is 12.7 Å². The number of ether oxygens (including phenoxy) is 1. The first-order valence-electron chi connectivity index (χ1n) is 5.58. The van der Waals surface area contributed by atoms with Crippen LogP contribution in [0.5, 0.6) is 0 Å². The molecule has 8 nitrogen and oxygen atoms in total. The number of aliphatic hydroxyl groups is 2. The fourth-order valence-electron chi connectivity index (χ4n) is 2.13. The lowest BCUT2D eigenvalue weighted by Crippen LogP contribution is -2.24. The Morgan fingerprint density at radius 2 is 2.28 bits per heavy atom. The van der Waals surface area contributed by atoms with E-state index in [1.54, 1.807) is 10.9 Å². The van der Waals surface area contributed by atoms with Gasteiger partial charge in [0, 0.05) is 6.42 Å². The Morgan fingerprint density at radius 3 is 3.00 bits per heavy atom. The van der Waals surface area contributed by atoms with Crippen molar-refractivity contribution < 1.29 is 14.9 Å². The maximum absolute atomic E-state index is 9.71. The van der Waals surface area contributed by atoms with Crippen LogP contribution in [-0.2, 0) is 4.74 Å². The number of hydrogen-bond acceptors (Lipinski definition) is 7. The predicted octanol–water partition coefficient (Wildman–Crippen LogP) is -0.951. The molecule has 0 aromatic carbocycles. The molecule has 2 aromatic rings. The van der Waals surface area contributed by atoms with Gasteiger partial charge in [-0.05, 0) is 0 Å². The van der Waals surface area contributed by atoms with E-state index in [1.165, 1.54) is 6.33 Å². The first-order valence-corrected chi connectivity index (χ1v) is 5.58. The highest BCUT2D eigenvalue weighted by Crippen LogP contribution is 2.30. The molecule has 0 aliphatic carbocycles. The van der Waals surface area contributed by atoms with Gasteiger partial charge in [0.25, 0.3) is 0 Å². The molecule has 3 atom stereocenters. The van der Waals surface area contributed by atoms with Gasteiger partial charge in [-0.2, -0.15) is 0 Å². The molecule has 1 saturated heterocycles. The van der Waals surface area contributed by atoms with E-state index in [4.69, 9.17) is 15.6 Å². The van der Waals surface area contributed by atoms with Gasteiger partial charge >= 0.3 is 0 Å². The summed E-state index contributed by atoms with van der Waals surface area (Å²) in [5, 5.41) is 18.8. The van der Waals surface area contributed by atoms with Gasteiger partial charge in [-0.25, -0.2) is 15.0 Å². The molecule has 4 N–H and O–H groups in total. The maximum atomic E-state index is 9.71. The van der Waals surface area contributed by atoms with Crippen molar-refractivity contribution in [2.75, 3.05) is 12.3 Å². The average molecular weight is 255 g/mol. The Morgan fingerprint density at radius 1 is 1.44 bits per heavy atom. The van der Waals surface area contributed by atoms with Crippen molar-refractivity contribution in [3.8, 4) is 0 Å². The van der Waals surface area contributed by atoms with Gasteiger partial charge in [0.15, 0.2) is 11.5 Å². The molecule has 0 saturated carbocycles. The van der Waals surface area contributed by atoms with Crippen LogP contribution in [0.3, 0.4) is 0 Å². The van der Waals surface area contributed by atoms with Gasteiger partial charge in [0.2, 0.25) is 0 Å². The first kappa shape index (κ1) is 11.3. The van der Waals surface area contributed by atoms with Crippen LogP contribution in [-0.4, -0.2) is 48.5 Å². The number of hydrogen-bond donors (Lipinski definition) is 3. The topological polar surface area (TPSA) is 119 Å². The van der Waals surface area contributed by atoms with Crippen LogP contribution >= 0.6 is 0 Å². The highest BCUT2D eigenvalue weighted by molar-refractivity contribution is 5.81. The summed E-state index contributed by atoms with van der Waals surface area (Å²) in [7, 11) is 0. The average Bonchev–Trinajstić information content (AvgIpc) is 2.93. The smallest absolute Gasteiger partial charge is 0.167 e. The molecule has 1 fully saturated rings. The number of aromatic nitrogens is 4. The minimum Gasteiger partial charge on any atom is -0.394 e. The van der Waals surface area contributed by atoms with Gasteiger partial charge in [-0.3, -0.25) is 4.57 Å². The predicted molar refractivity (Wildman–Crippen MR) is 61.4 cm³/mol. The van der Waals surface area contributed by atoms with Crippen molar-refractivity contribution in [2.24, 2.45) is 0 Å². The number of rotatable bonds is 2. The SMILES string of the molecule is Nc1ncnc2c1ncn2[13C@H]1[13CH2][13C@@H](O)[13C@@H](CO)O1. The normalized spacial score (nSPS) is 28.0. The van der Waals surface area contributed by atoms with Gasteiger partial charge < -0.3 is 20.7 Å². The standard InChI is InChI=1S/C10H13N5O3/c11-9-8-10(13-3-12-9)15(4-14-8)7-1-5(17)6(2-16)18-7/h3-7,16-17H,1-2H2,(H2,11,12,13)/t5-,6-,7-/m1/s1/i1+1,5+1,6+1,7+1. The highest BCUT2D eigenvalue weighted by atomic mass is 16.7. The zero-order valence-corrected chi connectivity index (χ0v) is 9.47. The number of nitrogen functional groups attached to an aromatic ring is 1. The minimum atomic E-state index is -0.698. The summed E-state index contributed by atoms with van der Waals surface area (Å²) in [4.78, 5) is 12.1. The summed E-state index contributed by atoms with van der Waals surface area (Å²) in [6.07, 6.45) is 1.60. The molecule has 8 heteroatoms. The minimum absolute atomic E-state index is 0.221. The number of imidazole rings is 1. The van der Waals surface area contributed by atoms with Gasteiger partial charge in [-0.15, -0.1) is 0 Å². The lowest BCUT2D eigenvalue weighted by Gasteiger charge is -2.13. The molecule has 96 valence electrons. The van der Waals surface area contributed by atoms with Crippen molar-refractivity contribution in [2.45, 2.75) is 24.9 Å². The second kappa shape index (κ2) is 4.16. The summed E-state index contributed by atoms with van der Waals surface area (Å²) >= 11 is 0. The van der Waals surface area contributed by atoms with Crippen LogP contribution in [0.1, 0.15) is 12.6 Å². The molecule has 0 bridgehead atoms. The van der Waals surface area contributed by atoms with Crippen molar-refractivity contribution in [3.63, 3.8) is 0 Å². The summed E-state index contributed by atoms with van der Waals surface area (Å²) < 4.78 is 7.22. The zero-order valence-electron chi connectivity index (χ0n) is 9.47. The molecular weight excluding hydrogens is 242 g/mol. The Labute approximate surface area is 102 Å². The second-order valence-corrected chi connectivity index (χ2v) is 4.20. The summed E-state index contributed by atoms with van der Waals surface area (Å²) in [5.74, 6) is 0.302. The molecule has 1 aliphatic rings. The lowest BCUT2D eigenvalue weighted by molar-refractivity contribution is -0.0432. The van der Waals surface area contributed by atoms with Crippen molar-refractivity contribution >= 4 is 17.0 Å². The fraction of sp³-hybridized carbons (Fsp3) is 0.500. The Hall–Kier alpha value is -1.77. The molecule has 1 aliphatic heterocycles. The number of fused-ring (bicyclic) bond motifs is 1.